The summed E-state index contributed by atoms with van der Waals surface area (Å²) in [5, 5.41) is 0. The second-order valence-electron chi connectivity index (χ2n) is 6.08. The molecule has 1 unspecified atom stereocenters. The zero-order valence-corrected chi connectivity index (χ0v) is 16.1. The highest BCUT2D eigenvalue weighted by molar-refractivity contribution is 7.86. The highest BCUT2D eigenvalue weighted by Gasteiger charge is 2.16. The molecule has 5 nitrogen and oxygen atoms in total. The third-order valence-corrected chi connectivity index (χ3v) is 5.25. The Labute approximate surface area is 152 Å². The Hall–Kier alpha value is -1.21. The van der Waals surface area contributed by atoms with Crippen molar-refractivity contribution in [1.82, 2.24) is 0 Å². The quantitative estimate of drug-likeness (QED) is 0.214. The zero-order chi connectivity index (χ0) is 18.5. The highest BCUT2D eigenvalue weighted by atomic mass is 32.2. The minimum atomic E-state index is -3.68. The first-order chi connectivity index (χ1) is 12.0. The van der Waals surface area contributed by atoms with Gasteiger partial charge in [-0.25, -0.2) is 0 Å². The molecule has 142 valence electrons. The molecule has 0 saturated carbocycles. The molecule has 0 radical (unpaired) electrons. The molecule has 0 aliphatic rings. The van der Waals surface area contributed by atoms with E-state index in [1.165, 1.54) is 0 Å². The van der Waals surface area contributed by atoms with Gasteiger partial charge in [-0.3, -0.25) is 4.18 Å². The van der Waals surface area contributed by atoms with Crippen molar-refractivity contribution in [1.29, 1.82) is 0 Å². The highest BCUT2D eigenvalue weighted by Crippen LogP contribution is 2.20. The van der Waals surface area contributed by atoms with Crippen LogP contribution in [0.2, 0.25) is 0 Å². The summed E-state index contributed by atoms with van der Waals surface area (Å²) in [7, 11) is -2.08. The lowest BCUT2D eigenvalue weighted by atomic mass is 9.95. The third kappa shape index (κ3) is 9.16. The van der Waals surface area contributed by atoms with Crippen LogP contribution in [0.5, 0.6) is 0 Å². The number of benzene rings is 1. The molecule has 0 aliphatic heterocycles. The molecule has 6 heteroatoms. The van der Waals surface area contributed by atoms with Crippen molar-refractivity contribution in [2.24, 2.45) is 5.92 Å². The molecular formula is C19H30O5S. The normalized spacial score (nSPS) is 12.9. The smallest absolute Gasteiger partial charge is 0.296 e. The molecule has 0 spiro atoms. The maximum atomic E-state index is 12.2. The summed E-state index contributed by atoms with van der Waals surface area (Å²) in [6.07, 6.45) is 6.40. The van der Waals surface area contributed by atoms with E-state index in [0.29, 0.717) is 25.7 Å². The average Bonchev–Trinajstić information content (AvgIpc) is 2.58. The fourth-order valence-corrected chi connectivity index (χ4v) is 3.41. The van der Waals surface area contributed by atoms with Crippen molar-refractivity contribution in [3.63, 3.8) is 0 Å². The van der Waals surface area contributed by atoms with Gasteiger partial charge in [0.1, 0.15) is 6.79 Å². The van der Waals surface area contributed by atoms with Crippen LogP contribution in [0.15, 0.2) is 41.8 Å². The lowest BCUT2D eigenvalue weighted by molar-refractivity contribution is -0.0317. The maximum Gasteiger partial charge on any atom is 0.296 e. The predicted molar refractivity (Wildman–Crippen MR) is 98.9 cm³/mol. The second kappa shape index (κ2) is 12.2. The van der Waals surface area contributed by atoms with Crippen molar-refractivity contribution in [2.45, 2.75) is 43.9 Å². The number of unbranched alkanes of at least 4 members (excludes halogenated alkanes) is 1. The van der Waals surface area contributed by atoms with Crippen molar-refractivity contribution >= 4 is 10.1 Å². The first-order valence-corrected chi connectivity index (χ1v) is 10.0. The summed E-state index contributed by atoms with van der Waals surface area (Å²) in [4.78, 5) is 0.202. The Bertz CT molecular complexity index is 580. The van der Waals surface area contributed by atoms with E-state index in [1.807, 2.05) is 13.0 Å². The Morgan fingerprint density at radius 1 is 1.12 bits per heavy atom. The first kappa shape index (κ1) is 21.8. The molecule has 0 amide bonds. The SMILES string of the molecule is C=CCC(CCCCOCOC)CCOS(=O)(=O)c1ccc(C)cc1. The molecular weight excluding hydrogens is 340 g/mol. The number of hydrogen-bond donors (Lipinski definition) is 0. The molecule has 0 aromatic heterocycles. The Kier molecular flexibility index (Phi) is 10.6. The molecule has 0 aliphatic carbocycles. The van der Waals surface area contributed by atoms with Gasteiger partial charge >= 0.3 is 0 Å². The summed E-state index contributed by atoms with van der Waals surface area (Å²) in [5.74, 6) is 0.369. The largest absolute Gasteiger partial charge is 0.359 e. The lowest BCUT2D eigenvalue weighted by Crippen LogP contribution is -2.11. The van der Waals surface area contributed by atoms with Crippen LogP contribution in [0.3, 0.4) is 0 Å². The van der Waals surface area contributed by atoms with Crippen molar-refractivity contribution in [3.05, 3.63) is 42.5 Å². The van der Waals surface area contributed by atoms with Crippen LogP contribution < -0.4 is 0 Å². The van der Waals surface area contributed by atoms with Gasteiger partial charge in [0, 0.05) is 13.7 Å². The van der Waals surface area contributed by atoms with Crippen LogP contribution >= 0.6 is 0 Å². The van der Waals surface area contributed by atoms with Gasteiger partial charge in [-0.2, -0.15) is 8.42 Å². The number of methoxy groups -OCH3 is 1. The molecule has 0 fully saturated rings. The average molecular weight is 371 g/mol. The van der Waals surface area contributed by atoms with Crippen molar-refractivity contribution in [2.75, 3.05) is 27.1 Å². The van der Waals surface area contributed by atoms with Crippen LogP contribution in [0.1, 0.15) is 37.7 Å². The number of ether oxygens (including phenoxy) is 2. The lowest BCUT2D eigenvalue weighted by Gasteiger charge is -2.15. The van der Waals surface area contributed by atoms with E-state index in [4.69, 9.17) is 13.7 Å². The van der Waals surface area contributed by atoms with Gasteiger partial charge in [0.05, 0.1) is 11.5 Å². The maximum absolute atomic E-state index is 12.2. The van der Waals surface area contributed by atoms with Gasteiger partial charge in [0.2, 0.25) is 0 Å². The summed E-state index contributed by atoms with van der Waals surface area (Å²) in [6.45, 7) is 6.88. The van der Waals surface area contributed by atoms with E-state index in [1.54, 1.807) is 31.4 Å². The molecule has 25 heavy (non-hydrogen) atoms. The van der Waals surface area contributed by atoms with E-state index in [9.17, 15) is 8.42 Å². The van der Waals surface area contributed by atoms with Crippen LogP contribution in [-0.2, 0) is 23.8 Å². The Morgan fingerprint density at radius 2 is 1.84 bits per heavy atom. The molecule has 0 heterocycles. The summed E-state index contributed by atoms with van der Waals surface area (Å²) < 4.78 is 39.6. The minimum Gasteiger partial charge on any atom is -0.359 e. The fourth-order valence-electron chi connectivity index (χ4n) is 2.49. The number of allylic oxidation sites excluding steroid dienone is 1. The monoisotopic (exact) mass is 370 g/mol. The van der Waals surface area contributed by atoms with Gasteiger partial charge in [-0.05, 0) is 50.7 Å². The van der Waals surface area contributed by atoms with Crippen LogP contribution in [-0.4, -0.2) is 35.5 Å². The van der Waals surface area contributed by atoms with Gasteiger partial charge in [-0.1, -0.05) is 30.2 Å². The predicted octanol–water partition coefficient (Wildman–Crippen LogP) is 4.07. The van der Waals surface area contributed by atoms with E-state index in [0.717, 1.165) is 31.2 Å². The Morgan fingerprint density at radius 3 is 2.48 bits per heavy atom. The molecule has 0 N–H and O–H groups in total. The van der Waals surface area contributed by atoms with E-state index < -0.39 is 10.1 Å². The fraction of sp³-hybridized carbons (Fsp3) is 0.579. The molecule has 0 bridgehead atoms. The molecule has 1 aromatic rings. The van der Waals surface area contributed by atoms with Crippen LogP contribution in [0.25, 0.3) is 0 Å². The summed E-state index contributed by atoms with van der Waals surface area (Å²) >= 11 is 0. The third-order valence-electron chi connectivity index (χ3n) is 3.93. The molecule has 1 atom stereocenters. The van der Waals surface area contributed by atoms with Crippen molar-refractivity contribution in [3.8, 4) is 0 Å². The van der Waals surface area contributed by atoms with E-state index in [2.05, 4.69) is 6.58 Å². The molecule has 0 saturated heterocycles. The van der Waals surface area contributed by atoms with Gasteiger partial charge in [-0.15, -0.1) is 6.58 Å². The standard InChI is InChI=1S/C19H30O5S/c1-4-7-18(8-5-6-14-23-16-22-3)13-15-24-25(20,21)19-11-9-17(2)10-12-19/h4,9-12,18H,1,5-8,13-16H2,2-3H3. The topological polar surface area (TPSA) is 61.8 Å². The van der Waals surface area contributed by atoms with Crippen LogP contribution in [0, 0.1) is 12.8 Å². The Balaban J connectivity index is 2.36. The van der Waals surface area contributed by atoms with E-state index in [-0.39, 0.29) is 11.5 Å². The van der Waals surface area contributed by atoms with Crippen LogP contribution in [0.4, 0.5) is 0 Å². The van der Waals surface area contributed by atoms with Gasteiger partial charge in [0.25, 0.3) is 10.1 Å². The van der Waals surface area contributed by atoms with Gasteiger partial charge < -0.3 is 9.47 Å². The van der Waals surface area contributed by atoms with E-state index >= 15 is 0 Å². The zero-order valence-electron chi connectivity index (χ0n) is 15.3. The number of aryl methyl sites for hydroxylation is 1. The summed E-state index contributed by atoms with van der Waals surface area (Å²) in [6, 6.07) is 6.68. The first-order valence-electron chi connectivity index (χ1n) is 8.63. The second-order valence-corrected chi connectivity index (χ2v) is 7.69. The minimum absolute atomic E-state index is 0.189. The van der Waals surface area contributed by atoms with Crippen molar-refractivity contribution < 1.29 is 22.1 Å². The number of rotatable bonds is 14. The summed E-state index contributed by atoms with van der Waals surface area (Å²) in [5.41, 5.74) is 1.01. The molecule has 1 aromatic carbocycles. The van der Waals surface area contributed by atoms with Gasteiger partial charge in [0.15, 0.2) is 0 Å². The molecule has 1 rings (SSSR count). The number of hydrogen-bond acceptors (Lipinski definition) is 5.